The maximum absolute atomic E-state index is 13.0. The Kier molecular flexibility index (Phi) is 5.48. The zero-order valence-corrected chi connectivity index (χ0v) is 14.7. The zero-order chi connectivity index (χ0) is 17.8. The molecule has 1 N–H and O–H groups in total. The van der Waals surface area contributed by atoms with Crippen LogP contribution in [0.5, 0.6) is 0 Å². The first kappa shape index (κ1) is 17.6. The van der Waals surface area contributed by atoms with Crippen LogP contribution in [0.15, 0.2) is 24.3 Å². The lowest BCUT2D eigenvalue weighted by Gasteiger charge is -2.33. The van der Waals surface area contributed by atoms with Gasteiger partial charge in [0.2, 0.25) is 5.91 Å². The van der Waals surface area contributed by atoms with Crippen molar-refractivity contribution in [2.75, 3.05) is 19.7 Å². The van der Waals surface area contributed by atoms with Crippen molar-refractivity contribution < 1.29 is 13.9 Å². The molecule has 1 aromatic heterocycles. The molecule has 1 aliphatic heterocycles. The van der Waals surface area contributed by atoms with Gasteiger partial charge in [0.05, 0.1) is 18.4 Å². The lowest BCUT2D eigenvalue weighted by Crippen LogP contribution is -2.46. The van der Waals surface area contributed by atoms with Crippen LogP contribution in [-0.4, -0.2) is 46.8 Å². The number of carbonyl (C=O) groups excluding carboxylic acids is 1. The Labute approximate surface area is 147 Å². The number of halogens is 1. The summed E-state index contributed by atoms with van der Waals surface area (Å²) in [6.45, 7) is 5.74. The molecule has 0 saturated carbocycles. The van der Waals surface area contributed by atoms with Crippen LogP contribution < -0.4 is 0 Å². The van der Waals surface area contributed by atoms with Crippen molar-refractivity contribution in [1.29, 1.82) is 0 Å². The fraction of sp³-hybridized carbons (Fsp3) is 0.474. The minimum absolute atomic E-state index is 0.0440. The molecule has 3 rings (SSSR count). The van der Waals surface area contributed by atoms with Gasteiger partial charge in [0.1, 0.15) is 5.82 Å². The highest BCUT2D eigenvalue weighted by molar-refractivity contribution is 5.76. The monoisotopic (exact) mass is 345 g/mol. The number of nitrogens with one attached hydrogen (secondary N) is 1. The molecule has 1 atom stereocenters. The molecule has 25 heavy (non-hydrogen) atoms. The van der Waals surface area contributed by atoms with Crippen molar-refractivity contribution in [2.24, 2.45) is 0 Å². The smallest absolute Gasteiger partial charge is 0.223 e. The number of H-pyrrole nitrogens is 1. The summed E-state index contributed by atoms with van der Waals surface area (Å²) in [7, 11) is 0. The summed E-state index contributed by atoms with van der Waals surface area (Å²) in [4.78, 5) is 14.4. The van der Waals surface area contributed by atoms with Gasteiger partial charge in [-0.2, -0.15) is 5.10 Å². The SMILES string of the molecule is Cc1[nH]nc(CCC(=O)N2CCO[C@@H](Cc3ccc(F)cc3)C2)c1C. The first-order valence-electron chi connectivity index (χ1n) is 8.67. The van der Waals surface area contributed by atoms with Crippen LogP contribution in [-0.2, 0) is 22.4 Å². The van der Waals surface area contributed by atoms with Gasteiger partial charge in [0.15, 0.2) is 0 Å². The molecule has 134 valence electrons. The molecule has 0 bridgehead atoms. The molecule has 1 saturated heterocycles. The van der Waals surface area contributed by atoms with Gasteiger partial charge >= 0.3 is 0 Å². The Balaban J connectivity index is 1.52. The molecule has 2 aromatic rings. The molecular formula is C19H24FN3O2. The normalized spacial score (nSPS) is 17.7. The van der Waals surface area contributed by atoms with Gasteiger partial charge in [-0.25, -0.2) is 4.39 Å². The number of rotatable bonds is 5. The summed E-state index contributed by atoms with van der Waals surface area (Å²) in [5, 5.41) is 7.22. The quantitative estimate of drug-likeness (QED) is 0.906. The van der Waals surface area contributed by atoms with Crippen LogP contribution >= 0.6 is 0 Å². The fourth-order valence-electron chi connectivity index (χ4n) is 3.12. The number of hydrogen-bond donors (Lipinski definition) is 1. The van der Waals surface area contributed by atoms with Gasteiger partial charge in [-0.05, 0) is 37.1 Å². The second kappa shape index (κ2) is 7.78. The Morgan fingerprint density at radius 1 is 1.36 bits per heavy atom. The van der Waals surface area contributed by atoms with Crippen molar-refractivity contribution in [3.63, 3.8) is 0 Å². The second-order valence-corrected chi connectivity index (χ2v) is 6.58. The molecule has 1 aromatic carbocycles. The third-order valence-electron chi connectivity index (χ3n) is 4.80. The summed E-state index contributed by atoms with van der Waals surface area (Å²) in [5.74, 6) is -0.110. The van der Waals surface area contributed by atoms with Crippen molar-refractivity contribution in [3.05, 3.63) is 52.6 Å². The Hall–Kier alpha value is -2.21. The molecule has 1 fully saturated rings. The summed E-state index contributed by atoms with van der Waals surface area (Å²) in [6, 6.07) is 6.44. The van der Waals surface area contributed by atoms with Crippen LogP contribution in [0.4, 0.5) is 4.39 Å². The van der Waals surface area contributed by atoms with Gasteiger partial charge in [-0.3, -0.25) is 9.89 Å². The van der Waals surface area contributed by atoms with E-state index in [9.17, 15) is 9.18 Å². The third kappa shape index (κ3) is 4.45. The highest BCUT2D eigenvalue weighted by Gasteiger charge is 2.24. The number of amides is 1. The fourth-order valence-corrected chi connectivity index (χ4v) is 3.12. The van der Waals surface area contributed by atoms with Crippen molar-refractivity contribution in [3.8, 4) is 0 Å². The number of aromatic nitrogens is 2. The minimum Gasteiger partial charge on any atom is -0.374 e. The number of benzene rings is 1. The van der Waals surface area contributed by atoms with E-state index in [0.29, 0.717) is 39.0 Å². The van der Waals surface area contributed by atoms with Crippen molar-refractivity contribution >= 4 is 5.91 Å². The number of morpholine rings is 1. The van der Waals surface area contributed by atoms with Gasteiger partial charge in [-0.1, -0.05) is 12.1 Å². The predicted octanol–water partition coefficient (Wildman–Crippen LogP) is 2.57. The summed E-state index contributed by atoms with van der Waals surface area (Å²) < 4.78 is 18.8. The van der Waals surface area contributed by atoms with Crippen molar-refractivity contribution in [1.82, 2.24) is 15.1 Å². The van der Waals surface area contributed by atoms with Crippen LogP contribution in [0.1, 0.15) is 28.9 Å². The van der Waals surface area contributed by atoms with Gasteiger partial charge in [0, 0.05) is 38.0 Å². The molecule has 2 heterocycles. The van der Waals surface area contributed by atoms with E-state index >= 15 is 0 Å². The zero-order valence-electron chi connectivity index (χ0n) is 14.7. The number of aromatic amines is 1. The molecule has 1 aliphatic rings. The van der Waals surface area contributed by atoms with E-state index in [1.165, 1.54) is 12.1 Å². The van der Waals surface area contributed by atoms with Gasteiger partial charge in [-0.15, -0.1) is 0 Å². The topological polar surface area (TPSA) is 58.2 Å². The molecule has 5 nitrogen and oxygen atoms in total. The molecule has 1 amide bonds. The molecule has 0 unspecified atom stereocenters. The molecule has 0 aliphatic carbocycles. The lowest BCUT2D eigenvalue weighted by atomic mass is 10.1. The van der Waals surface area contributed by atoms with E-state index in [2.05, 4.69) is 10.2 Å². The maximum Gasteiger partial charge on any atom is 0.223 e. The van der Waals surface area contributed by atoms with E-state index in [0.717, 1.165) is 22.5 Å². The standard InChI is InChI=1S/C19H24FN3O2/c1-13-14(2)21-22-18(13)7-8-19(24)23-9-10-25-17(12-23)11-15-3-5-16(20)6-4-15/h3-6,17H,7-12H2,1-2H3,(H,21,22)/t17-/m0/s1. The Morgan fingerprint density at radius 3 is 2.80 bits per heavy atom. The van der Waals surface area contributed by atoms with E-state index in [1.54, 1.807) is 12.1 Å². The third-order valence-corrected chi connectivity index (χ3v) is 4.80. The summed E-state index contributed by atoms with van der Waals surface area (Å²) in [5.41, 5.74) is 4.16. The van der Waals surface area contributed by atoms with Crippen LogP contribution in [0, 0.1) is 19.7 Å². The molecule has 6 heteroatoms. The average Bonchev–Trinajstić information content (AvgIpc) is 2.94. The Bertz CT molecular complexity index is 727. The van der Waals surface area contributed by atoms with E-state index in [1.807, 2.05) is 18.7 Å². The van der Waals surface area contributed by atoms with Gasteiger partial charge in [0.25, 0.3) is 0 Å². The second-order valence-electron chi connectivity index (χ2n) is 6.58. The highest BCUT2D eigenvalue weighted by Crippen LogP contribution is 2.15. The molecule has 0 radical (unpaired) electrons. The predicted molar refractivity (Wildman–Crippen MR) is 92.8 cm³/mol. The number of hydrogen-bond acceptors (Lipinski definition) is 3. The van der Waals surface area contributed by atoms with E-state index in [4.69, 9.17) is 4.74 Å². The highest BCUT2D eigenvalue weighted by atomic mass is 19.1. The van der Waals surface area contributed by atoms with Gasteiger partial charge < -0.3 is 9.64 Å². The van der Waals surface area contributed by atoms with Crippen LogP contribution in [0.2, 0.25) is 0 Å². The largest absolute Gasteiger partial charge is 0.374 e. The lowest BCUT2D eigenvalue weighted by molar-refractivity contribution is -0.138. The van der Waals surface area contributed by atoms with Crippen molar-refractivity contribution in [2.45, 2.75) is 39.2 Å². The Morgan fingerprint density at radius 2 is 2.12 bits per heavy atom. The molecule has 0 spiro atoms. The maximum atomic E-state index is 13.0. The molecular weight excluding hydrogens is 321 g/mol. The minimum atomic E-state index is -0.242. The number of nitrogens with zero attached hydrogens (tertiary/aromatic N) is 2. The number of aryl methyl sites for hydroxylation is 2. The van der Waals surface area contributed by atoms with Crippen LogP contribution in [0.3, 0.4) is 0 Å². The number of ether oxygens (including phenoxy) is 1. The van der Waals surface area contributed by atoms with E-state index in [-0.39, 0.29) is 17.8 Å². The summed E-state index contributed by atoms with van der Waals surface area (Å²) >= 11 is 0. The number of carbonyl (C=O) groups is 1. The first-order chi connectivity index (χ1) is 12.0. The first-order valence-corrected chi connectivity index (χ1v) is 8.67. The van der Waals surface area contributed by atoms with E-state index < -0.39 is 0 Å². The average molecular weight is 345 g/mol. The summed E-state index contributed by atoms with van der Waals surface area (Å²) in [6.07, 6.45) is 1.74. The van der Waals surface area contributed by atoms with Crippen LogP contribution in [0.25, 0.3) is 0 Å².